The molecule has 2 unspecified atom stereocenters. The first-order valence-electron chi connectivity index (χ1n) is 8.55. The third-order valence-corrected chi connectivity index (χ3v) is 4.83. The van der Waals surface area contributed by atoms with Gasteiger partial charge in [0.1, 0.15) is 17.2 Å². The van der Waals surface area contributed by atoms with Gasteiger partial charge in [0.05, 0.1) is 0 Å². The third-order valence-electron chi connectivity index (χ3n) is 4.83. The van der Waals surface area contributed by atoms with E-state index < -0.39 is 0 Å². The highest BCUT2D eigenvalue weighted by Crippen LogP contribution is 2.23. The quantitative estimate of drug-likeness (QED) is 0.676. The van der Waals surface area contributed by atoms with E-state index in [-0.39, 0.29) is 29.7 Å². The Kier molecular flexibility index (Phi) is 3.99. The molecule has 2 atom stereocenters. The fourth-order valence-corrected chi connectivity index (χ4v) is 3.53. The summed E-state index contributed by atoms with van der Waals surface area (Å²) in [6.45, 7) is 2.40. The summed E-state index contributed by atoms with van der Waals surface area (Å²) >= 11 is 0. The molecular formula is C19H19FN4O2. The lowest BCUT2D eigenvalue weighted by Gasteiger charge is -2.20. The molecule has 3 heterocycles. The molecule has 3 N–H and O–H groups in total. The number of halogens is 1. The molecule has 0 bridgehead atoms. The van der Waals surface area contributed by atoms with Crippen molar-refractivity contribution in [2.75, 3.05) is 6.54 Å². The lowest BCUT2D eigenvalue weighted by molar-refractivity contribution is 0.0736. The van der Waals surface area contributed by atoms with Crippen LogP contribution in [0.1, 0.15) is 34.3 Å². The van der Waals surface area contributed by atoms with Crippen molar-refractivity contribution in [3.8, 4) is 0 Å². The molecule has 7 heteroatoms. The molecule has 0 saturated carbocycles. The Hall–Kier alpha value is -3.09. The van der Waals surface area contributed by atoms with Crippen LogP contribution in [0, 0.1) is 5.82 Å². The van der Waals surface area contributed by atoms with E-state index in [9.17, 15) is 14.0 Å². The topological polar surface area (TPSA) is 81.0 Å². The number of hydrogen-bond donors (Lipinski definition) is 3. The maximum atomic E-state index is 13.3. The van der Waals surface area contributed by atoms with Crippen molar-refractivity contribution < 1.29 is 14.0 Å². The van der Waals surface area contributed by atoms with Crippen molar-refractivity contribution in [3.05, 3.63) is 59.8 Å². The monoisotopic (exact) mass is 354 g/mol. The number of rotatable bonds is 3. The minimum Gasteiger partial charge on any atom is -0.357 e. The van der Waals surface area contributed by atoms with Crippen molar-refractivity contribution in [2.45, 2.75) is 25.4 Å². The van der Waals surface area contributed by atoms with Crippen LogP contribution in [0.4, 0.5) is 4.39 Å². The molecular weight excluding hydrogens is 335 g/mol. The van der Waals surface area contributed by atoms with Gasteiger partial charge < -0.3 is 20.2 Å². The van der Waals surface area contributed by atoms with E-state index in [1.54, 1.807) is 35.4 Å². The first-order valence-corrected chi connectivity index (χ1v) is 8.55. The van der Waals surface area contributed by atoms with Crippen LogP contribution in [-0.2, 0) is 0 Å². The van der Waals surface area contributed by atoms with Gasteiger partial charge in [-0.3, -0.25) is 9.59 Å². The number of carbonyl (C=O) groups excluding carboxylic acids is 2. The fourth-order valence-electron chi connectivity index (χ4n) is 3.53. The van der Waals surface area contributed by atoms with Gasteiger partial charge in [-0.15, -0.1) is 0 Å². The summed E-state index contributed by atoms with van der Waals surface area (Å²) in [6.07, 6.45) is 2.38. The largest absolute Gasteiger partial charge is 0.357 e. The average molecular weight is 354 g/mol. The van der Waals surface area contributed by atoms with E-state index in [0.717, 1.165) is 5.52 Å². The molecule has 2 amide bonds. The van der Waals surface area contributed by atoms with Crippen molar-refractivity contribution in [2.24, 2.45) is 0 Å². The predicted molar refractivity (Wildman–Crippen MR) is 95.4 cm³/mol. The lowest BCUT2D eigenvalue weighted by Crippen LogP contribution is -2.39. The zero-order valence-electron chi connectivity index (χ0n) is 14.3. The summed E-state index contributed by atoms with van der Waals surface area (Å²) in [5, 5.41) is 3.62. The van der Waals surface area contributed by atoms with Crippen LogP contribution in [0.3, 0.4) is 0 Å². The van der Waals surface area contributed by atoms with Crippen LogP contribution >= 0.6 is 0 Å². The average Bonchev–Trinajstić information content (AvgIpc) is 3.32. The number of fused-ring (bicyclic) bond motifs is 1. The lowest BCUT2D eigenvalue weighted by atomic mass is 10.2. The highest BCUT2D eigenvalue weighted by Gasteiger charge is 2.34. The number of H-pyrrole nitrogens is 2. The summed E-state index contributed by atoms with van der Waals surface area (Å²) < 4.78 is 13.3. The van der Waals surface area contributed by atoms with Crippen LogP contribution < -0.4 is 5.32 Å². The number of nitrogens with one attached hydrogen (secondary N) is 3. The molecule has 1 aliphatic rings. The van der Waals surface area contributed by atoms with Crippen LogP contribution in [-0.4, -0.2) is 45.3 Å². The van der Waals surface area contributed by atoms with Crippen LogP contribution in [0.5, 0.6) is 0 Å². The Morgan fingerprint density at radius 1 is 1.23 bits per heavy atom. The second-order valence-corrected chi connectivity index (χ2v) is 6.71. The fraction of sp³-hybridized carbons (Fsp3) is 0.263. The molecule has 1 aromatic carbocycles. The van der Waals surface area contributed by atoms with Gasteiger partial charge in [-0.25, -0.2) is 4.39 Å². The van der Waals surface area contributed by atoms with Crippen LogP contribution in [0.2, 0.25) is 0 Å². The Bertz CT molecular complexity index is 963. The molecule has 0 aliphatic carbocycles. The van der Waals surface area contributed by atoms with Crippen LogP contribution in [0.25, 0.3) is 10.9 Å². The normalized spacial score (nSPS) is 19.8. The molecule has 1 saturated heterocycles. The van der Waals surface area contributed by atoms with Gasteiger partial charge in [0, 0.05) is 35.7 Å². The summed E-state index contributed by atoms with van der Waals surface area (Å²) in [4.78, 5) is 32.7. The van der Waals surface area contributed by atoms with Gasteiger partial charge in [-0.1, -0.05) is 0 Å². The van der Waals surface area contributed by atoms with Crippen molar-refractivity contribution >= 4 is 22.7 Å². The zero-order valence-corrected chi connectivity index (χ0v) is 14.3. The SMILES string of the molecule is CC1CC(NC(=O)c2ccc[nH]2)CN1C(=O)c1cc2cc(F)ccc2[nH]1. The first kappa shape index (κ1) is 16.4. The minimum atomic E-state index is -0.336. The molecule has 4 rings (SSSR count). The molecule has 1 aliphatic heterocycles. The molecule has 1 fully saturated rings. The molecule has 3 aromatic rings. The smallest absolute Gasteiger partial charge is 0.270 e. The van der Waals surface area contributed by atoms with E-state index in [0.29, 0.717) is 29.7 Å². The molecule has 2 aromatic heterocycles. The standard InChI is InChI=1S/C19H19FN4O2/c1-11-7-14(22-18(25)16-3-2-6-21-16)10-24(11)19(26)17-9-12-8-13(20)4-5-15(12)23-17/h2-6,8-9,11,14,21,23H,7,10H2,1H3,(H,22,25). The van der Waals surface area contributed by atoms with E-state index in [4.69, 9.17) is 0 Å². The predicted octanol–water partition coefficient (Wildman–Crippen LogP) is 2.67. The summed E-state index contributed by atoms with van der Waals surface area (Å²) in [5.74, 6) is -0.662. The maximum Gasteiger partial charge on any atom is 0.270 e. The molecule has 0 radical (unpaired) electrons. The summed E-state index contributed by atoms with van der Waals surface area (Å²) in [5.41, 5.74) is 1.65. The molecule has 134 valence electrons. The zero-order chi connectivity index (χ0) is 18.3. The van der Waals surface area contributed by atoms with E-state index in [1.807, 2.05) is 6.92 Å². The second kappa shape index (κ2) is 6.33. The van der Waals surface area contributed by atoms with Gasteiger partial charge >= 0.3 is 0 Å². The molecule has 26 heavy (non-hydrogen) atoms. The molecule has 6 nitrogen and oxygen atoms in total. The van der Waals surface area contributed by atoms with E-state index in [1.165, 1.54) is 12.1 Å². The highest BCUT2D eigenvalue weighted by atomic mass is 19.1. The number of amides is 2. The number of likely N-dealkylation sites (tertiary alicyclic amines) is 1. The van der Waals surface area contributed by atoms with E-state index >= 15 is 0 Å². The summed E-state index contributed by atoms with van der Waals surface area (Å²) in [7, 11) is 0. The first-order chi connectivity index (χ1) is 12.5. The van der Waals surface area contributed by atoms with Crippen molar-refractivity contribution in [1.82, 2.24) is 20.2 Å². The Labute approximate surface area is 149 Å². The summed E-state index contributed by atoms with van der Waals surface area (Å²) in [6, 6.07) is 9.41. The number of hydrogen-bond acceptors (Lipinski definition) is 2. The number of aromatic nitrogens is 2. The van der Waals surface area contributed by atoms with Crippen molar-refractivity contribution in [3.63, 3.8) is 0 Å². The number of carbonyl (C=O) groups is 2. The number of benzene rings is 1. The van der Waals surface area contributed by atoms with Gasteiger partial charge in [-0.05, 0) is 49.7 Å². The Morgan fingerprint density at radius 2 is 2.08 bits per heavy atom. The van der Waals surface area contributed by atoms with Gasteiger partial charge in [0.2, 0.25) is 0 Å². The number of nitrogens with zero attached hydrogens (tertiary/aromatic N) is 1. The van der Waals surface area contributed by atoms with Crippen molar-refractivity contribution in [1.29, 1.82) is 0 Å². The van der Waals surface area contributed by atoms with Crippen LogP contribution in [0.15, 0.2) is 42.6 Å². The molecule has 0 spiro atoms. The second-order valence-electron chi connectivity index (χ2n) is 6.71. The third kappa shape index (κ3) is 2.96. The van der Waals surface area contributed by atoms with Gasteiger partial charge in [0.25, 0.3) is 11.8 Å². The Morgan fingerprint density at radius 3 is 2.85 bits per heavy atom. The maximum absolute atomic E-state index is 13.3. The highest BCUT2D eigenvalue weighted by molar-refractivity contribution is 5.98. The van der Waals surface area contributed by atoms with E-state index in [2.05, 4.69) is 15.3 Å². The van der Waals surface area contributed by atoms with Gasteiger partial charge in [0.15, 0.2) is 0 Å². The van der Waals surface area contributed by atoms with Gasteiger partial charge in [-0.2, -0.15) is 0 Å². The number of aromatic amines is 2. The Balaban J connectivity index is 1.48. The minimum absolute atomic E-state index is 0.000379.